The quantitative estimate of drug-likeness (QED) is 0.860. The molecule has 1 aromatic heterocycles. The van der Waals surface area contributed by atoms with Crippen LogP contribution in [-0.2, 0) is 11.3 Å². The van der Waals surface area contributed by atoms with Crippen molar-refractivity contribution in [1.82, 2.24) is 15.0 Å². The Hall–Kier alpha value is -2.74. The summed E-state index contributed by atoms with van der Waals surface area (Å²) in [6.07, 6.45) is 1.21. The van der Waals surface area contributed by atoms with E-state index in [1.165, 1.54) is 16.8 Å². The molecule has 3 rings (SSSR count). The van der Waals surface area contributed by atoms with Crippen molar-refractivity contribution < 1.29 is 24.5 Å². The largest absolute Gasteiger partial charge is 0.478 e. The van der Waals surface area contributed by atoms with E-state index in [4.69, 9.17) is 9.84 Å². The van der Waals surface area contributed by atoms with Gasteiger partial charge in [-0.3, -0.25) is 0 Å². The summed E-state index contributed by atoms with van der Waals surface area (Å²) >= 11 is 0. The van der Waals surface area contributed by atoms with Crippen LogP contribution in [0.5, 0.6) is 0 Å². The number of carbonyl (C=O) groups is 2. The van der Waals surface area contributed by atoms with Gasteiger partial charge in [0.05, 0.1) is 12.1 Å². The monoisotopic (exact) mass is 317 g/mol. The second-order valence-corrected chi connectivity index (χ2v) is 5.29. The predicted molar refractivity (Wildman–Crippen MR) is 77.4 cm³/mol. The van der Waals surface area contributed by atoms with E-state index in [-0.39, 0.29) is 23.9 Å². The van der Waals surface area contributed by atoms with Gasteiger partial charge >= 0.3 is 11.9 Å². The second-order valence-electron chi connectivity index (χ2n) is 5.29. The van der Waals surface area contributed by atoms with Crippen molar-refractivity contribution in [2.75, 3.05) is 6.61 Å². The van der Waals surface area contributed by atoms with Crippen molar-refractivity contribution in [2.45, 2.75) is 25.5 Å². The molecule has 1 aliphatic heterocycles. The molecule has 2 N–H and O–H groups in total. The van der Waals surface area contributed by atoms with Crippen LogP contribution in [0, 0.1) is 0 Å². The third-order valence-electron chi connectivity index (χ3n) is 3.72. The maximum atomic E-state index is 11.3. The first-order valence-corrected chi connectivity index (χ1v) is 7.17. The summed E-state index contributed by atoms with van der Waals surface area (Å²) in [5.74, 6) is -2.17. The topological polar surface area (TPSA) is 115 Å². The second kappa shape index (κ2) is 6.17. The number of carboxylic acids is 2. The first-order valence-electron chi connectivity index (χ1n) is 7.17. The molecule has 1 saturated heterocycles. The molecule has 2 aromatic rings. The average Bonchev–Trinajstić information content (AvgIpc) is 3.16. The van der Waals surface area contributed by atoms with Crippen LogP contribution in [0.15, 0.2) is 24.3 Å². The SMILES string of the molecule is O=C(O)c1cccc(Cn2nnc(C(=O)O)c2C2CCCO2)c1. The Kier molecular flexibility index (Phi) is 4.07. The molecule has 0 radical (unpaired) electrons. The van der Waals surface area contributed by atoms with Gasteiger partial charge in [0.15, 0.2) is 5.69 Å². The summed E-state index contributed by atoms with van der Waals surface area (Å²) in [4.78, 5) is 22.4. The van der Waals surface area contributed by atoms with E-state index in [1.54, 1.807) is 12.1 Å². The molecule has 23 heavy (non-hydrogen) atoms. The van der Waals surface area contributed by atoms with Crippen molar-refractivity contribution >= 4 is 11.9 Å². The zero-order valence-corrected chi connectivity index (χ0v) is 12.2. The lowest BCUT2D eigenvalue weighted by atomic mass is 10.1. The van der Waals surface area contributed by atoms with Gasteiger partial charge in [0, 0.05) is 6.61 Å². The summed E-state index contributed by atoms with van der Waals surface area (Å²) in [7, 11) is 0. The lowest BCUT2D eigenvalue weighted by Gasteiger charge is -2.13. The van der Waals surface area contributed by atoms with Crippen LogP contribution < -0.4 is 0 Å². The molecule has 8 heteroatoms. The van der Waals surface area contributed by atoms with Crippen molar-refractivity contribution in [3.05, 3.63) is 46.8 Å². The summed E-state index contributed by atoms with van der Waals surface area (Å²) in [5, 5.41) is 26.0. The molecule has 1 aliphatic rings. The van der Waals surface area contributed by atoms with E-state index in [9.17, 15) is 14.7 Å². The Morgan fingerprint density at radius 1 is 1.30 bits per heavy atom. The van der Waals surface area contributed by atoms with E-state index < -0.39 is 11.9 Å². The third kappa shape index (κ3) is 3.07. The molecule has 0 aliphatic carbocycles. The number of aromatic carboxylic acids is 2. The number of rotatable bonds is 5. The van der Waals surface area contributed by atoms with E-state index in [1.807, 2.05) is 0 Å². The molecule has 2 heterocycles. The van der Waals surface area contributed by atoms with Gasteiger partial charge in [-0.2, -0.15) is 0 Å². The number of ether oxygens (including phenoxy) is 1. The maximum absolute atomic E-state index is 11.3. The highest BCUT2D eigenvalue weighted by Gasteiger charge is 2.29. The molecular formula is C15H15N3O5. The Morgan fingerprint density at radius 2 is 2.13 bits per heavy atom. The van der Waals surface area contributed by atoms with Crippen LogP contribution >= 0.6 is 0 Å². The molecule has 0 spiro atoms. The highest BCUT2D eigenvalue weighted by molar-refractivity contribution is 5.88. The molecule has 8 nitrogen and oxygen atoms in total. The van der Waals surface area contributed by atoms with E-state index in [0.29, 0.717) is 24.3 Å². The first kappa shape index (κ1) is 15.2. The molecule has 1 fully saturated rings. The first-order chi connectivity index (χ1) is 11.1. The summed E-state index contributed by atoms with van der Waals surface area (Å²) < 4.78 is 7.04. The number of aromatic nitrogens is 3. The fourth-order valence-electron chi connectivity index (χ4n) is 2.68. The van der Waals surface area contributed by atoms with Crippen LogP contribution in [0.3, 0.4) is 0 Å². The van der Waals surface area contributed by atoms with Crippen molar-refractivity contribution in [2.24, 2.45) is 0 Å². The minimum absolute atomic E-state index is 0.119. The summed E-state index contributed by atoms with van der Waals surface area (Å²) in [5.41, 5.74) is 1.17. The number of hydrogen-bond acceptors (Lipinski definition) is 5. The minimum Gasteiger partial charge on any atom is -0.478 e. The standard InChI is InChI=1S/C15H15N3O5/c19-14(20)10-4-1-3-9(7-10)8-18-13(11-5-2-6-23-11)12(15(21)22)16-17-18/h1,3-4,7,11H,2,5-6,8H2,(H,19,20)(H,21,22). The molecular weight excluding hydrogens is 302 g/mol. The molecule has 1 unspecified atom stereocenters. The fraction of sp³-hybridized carbons (Fsp3) is 0.333. The van der Waals surface area contributed by atoms with Gasteiger partial charge in [0.2, 0.25) is 0 Å². The Balaban J connectivity index is 1.95. The van der Waals surface area contributed by atoms with Crippen LogP contribution in [-0.4, -0.2) is 43.8 Å². The van der Waals surface area contributed by atoms with E-state index in [0.717, 1.165) is 6.42 Å². The van der Waals surface area contributed by atoms with Gasteiger partial charge in [0.25, 0.3) is 0 Å². The molecule has 0 saturated carbocycles. The zero-order valence-electron chi connectivity index (χ0n) is 12.2. The predicted octanol–water partition coefficient (Wildman–Crippen LogP) is 1.57. The number of benzene rings is 1. The van der Waals surface area contributed by atoms with E-state index in [2.05, 4.69) is 10.3 Å². The Labute approximate surface area is 131 Å². The lowest BCUT2D eigenvalue weighted by Crippen LogP contribution is -2.13. The Morgan fingerprint density at radius 3 is 2.78 bits per heavy atom. The van der Waals surface area contributed by atoms with Crippen molar-refractivity contribution in [3.63, 3.8) is 0 Å². The van der Waals surface area contributed by atoms with E-state index >= 15 is 0 Å². The maximum Gasteiger partial charge on any atom is 0.358 e. The van der Waals surface area contributed by atoms with Crippen LogP contribution in [0.2, 0.25) is 0 Å². The summed E-state index contributed by atoms with van der Waals surface area (Å²) in [6.45, 7) is 0.806. The molecule has 0 bridgehead atoms. The normalized spacial score (nSPS) is 17.3. The van der Waals surface area contributed by atoms with Crippen LogP contribution in [0.25, 0.3) is 0 Å². The Bertz CT molecular complexity index is 749. The molecule has 1 aromatic carbocycles. The summed E-state index contributed by atoms with van der Waals surface area (Å²) in [6, 6.07) is 6.42. The van der Waals surface area contributed by atoms with Gasteiger partial charge in [-0.25, -0.2) is 14.3 Å². The molecule has 0 amide bonds. The van der Waals surface area contributed by atoms with Crippen LogP contribution in [0.4, 0.5) is 0 Å². The highest BCUT2D eigenvalue weighted by Crippen LogP contribution is 2.30. The molecule has 1 atom stereocenters. The number of nitrogens with zero attached hydrogens (tertiary/aromatic N) is 3. The van der Waals surface area contributed by atoms with Crippen molar-refractivity contribution in [3.8, 4) is 0 Å². The van der Waals surface area contributed by atoms with Gasteiger partial charge < -0.3 is 14.9 Å². The fourth-order valence-corrected chi connectivity index (χ4v) is 2.68. The smallest absolute Gasteiger partial charge is 0.358 e. The zero-order chi connectivity index (χ0) is 16.4. The van der Waals surface area contributed by atoms with Gasteiger partial charge in [-0.05, 0) is 30.5 Å². The lowest BCUT2D eigenvalue weighted by molar-refractivity contribution is 0.0669. The highest BCUT2D eigenvalue weighted by atomic mass is 16.5. The van der Waals surface area contributed by atoms with Gasteiger partial charge in [-0.15, -0.1) is 5.10 Å². The minimum atomic E-state index is -1.15. The van der Waals surface area contributed by atoms with Crippen LogP contribution in [0.1, 0.15) is 51.0 Å². The average molecular weight is 317 g/mol. The molecule has 120 valence electrons. The number of hydrogen-bond donors (Lipinski definition) is 2. The third-order valence-corrected chi connectivity index (χ3v) is 3.72. The number of carboxylic acid groups (broad SMARTS) is 2. The van der Waals surface area contributed by atoms with Gasteiger partial charge in [0.1, 0.15) is 11.8 Å². The van der Waals surface area contributed by atoms with Gasteiger partial charge in [-0.1, -0.05) is 17.3 Å². The van der Waals surface area contributed by atoms with Crippen molar-refractivity contribution in [1.29, 1.82) is 0 Å².